The lowest BCUT2D eigenvalue weighted by atomic mass is 10.8. The molecule has 0 aliphatic heterocycles. The molecule has 0 aliphatic carbocycles. The van der Waals surface area contributed by atoms with Gasteiger partial charge in [-0.2, -0.15) is 66.4 Å². The van der Waals surface area contributed by atoms with E-state index >= 15 is 0 Å². The summed E-state index contributed by atoms with van der Waals surface area (Å²) in [7, 11) is 0. The van der Waals surface area contributed by atoms with Crippen LogP contribution in [0.1, 0.15) is 6.92 Å². The van der Waals surface area contributed by atoms with Crippen LogP contribution in [0.3, 0.4) is 0 Å². The Bertz CT molecular complexity index is 101. The highest BCUT2D eigenvalue weighted by atomic mass is 16.0. The molecule has 14 heteroatoms. The van der Waals surface area contributed by atoms with Crippen molar-refractivity contribution >= 4 is 0 Å². The lowest BCUT2D eigenvalue weighted by molar-refractivity contribution is 0.213. The summed E-state index contributed by atoms with van der Waals surface area (Å²) >= 11 is 0. The number of nitrogens with one attached hydrogen (secondary N) is 13. The summed E-state index contributed by atoms with van der Waals surface area (Å²) in [5.41, 5.74) is 32.4. The first kappa shape index (κ1) is 15.4. The average Bonchev–Trinajstić information content (AvgIpc) is 2.31. The van der Waals surface area contributed by atoms with Gasteiger partial charge in [0.05, 0.1) is 0 Å². The van der Waals surface area contributed by atoms with E-state index in [4.69, 9.17) is 5.84 Å². The van der Waals surface area contributed by atoms with Gasteiger partial charge in [0, 0.05) is 6.54 Å². The third-order valence-electron chi connectivity index (χ3n) is 0.962. The molecule has 0 saturated heterocycles. The molecule has 98 valence electrons. The molecule has 0 unspecified atom stereocenters. The molecule has 0 radical (unpaired) electrons. The molecule has 0 amide bonds. The minimum Gasteiger partial charge on any atom is -0.257 e. The van der Waals surface area contributed by atoms with Gasteiger partial charge in [-0.3, -0.25) is 5.84 Å². The second-order valence-electron chi connectivity index (χ2n) is 2.05. The van der Waals surface area contributed by atoms with E-state index in [0.717, 1.165) is 6.54 Å². The minimum atomic E-state index is 0.788. The van der Waals surface area contributed by atoms with E-state index in [1.54, 1.807) is 0 Å². The molecule has 0 aromatic rings. The number of nitrogens with two attached hydrogens (primary N) is 1. The Morgan fingerprint density at radius 3 is 1.38 bits per heavy atom. The second kappa shape index (κ2) is 14.4. The van der Waals surface area contributed by atoms with E-state index in [1.165, 1.54) is 0 Å². The third kappa shape index (κ3) is 13.4. The lowest BCUT2D eigenvalue weighted by Crippen LogP contribution is -2.67. The maximum Gasteiger partial charge on any atom is 0.00850 e. The van der Waals surface area contributed by atoms with Crippen molar-refractivity contribution in [1.82, 2.24) is 71.8 Å². The van der Waals surface area contributed by atoms with Crippen LogP contribution in [0, 0.1) is 0 Å². The van der Waals surface area contributed by atoms with Crippen LogP contribution in [0.15, 0.2) is 0 Å². The fourth-order valence-electron chi connectivity index (χ4n) is 0.450. The zero-order valence-corrected chi connectivity index (χ0v) is 8.78. The molecule has 0 aliphatic rings. The first-order valence-electron chi connectivity index (χ1n) is 4.35. The fraction of sp³-hybridized carbons (Fsp3) is 1.00. The van der Waals surface area contributed by atoms with Gasteiger partial charge in [0.2, 0.25) is 0 Å². The zero-order chi connectivity index (χ0) is 11.9. The highest BCUT2D eigenvalue weighted by molar-refractivity contribution is 4.21. The smallest absolute Gasteiger partial charge is 0.00850 e. The number of hydrogen-bond acceptors (Lipinski definition) is 14. The van der Waals surface area contributed by atoms with E-state index < -0.39 is 0 Å². The van der Waals surface area contributed by atoms with Crippen molar-refractivity contribution in [1.29, 1.82) is 0 Å². The molecular weight excluding hydrogens is 220 g/mol. The molecule has 0 fully saturated rings. The Morgan fingerprint density at radius 2 is 1.00 bits per heavy atom. The highest BCUT2D eigenvalue weighted by Gasteiger charge is 1.81. The van der Waals surface area contributed by atoms with Crippen molar-refractivity contribution in [3.8, 4) is 0 Å². The van der Waals surface area contributed by atoms with Crippen LogP contribution in [0.4, 0.5) is 0 Å². The lowest BCUT2D eigenvalue weighted by Gasteiger charge is -2.13. The van der Waals surface area contributed by atoms with Crippen molar-refractivity contribution < 1.29 is 0 Å². The Morgan fingerprint density at radius 1 is 0.625 bits per heavy atom. The van der Waals surface area contributed by atoms with Crippen LogP contribution >= 0.6 is 0 Å². The predicted molar refractivity (Wildman–Crippen MR) is 55.5 cm³/mol. The van der Waals surface area contributed by atoms with Gasteiger partial charge in [0.1, 0.15) is 0 Å². The average molecular weight is 240 g/mol. The van der Waals surface area contributed by atoms with E-state index in [1.807, 2.05) is 6.92 Å². The fourth-order valence-corrected chi connectivity index (χ4v) is 0.450. The number of rotatable bonds is 13. The van der Waals surface area contributed by atoms with Crippen LogP contribution in [0.2, 0.25) is 0 Å². The first-order chi connectivity index (χ1) is 7.91. The standard InChI is InChI=1S/C2H20N14/c1-2-4-6-8-10-12-14-16-15-13-11-9-7-5-3/h4-16H,2-3H2,1H3. The Balaban J connectivity index is 2.83. The van der Waals surface area contributed by atoms with Crippen LogP contribution in [-0.4, -0.2) is 6.54 Å². The monoisotopic (exact) mass is 240 g/mol. The number of hydrogen-bond donors (Lipinski definition) is 14. The molecule has 0 saturated carbocycles. The summed E-state index contributed by atoms with van der Waals surface area (Å²) in [6, 6.07) is 0. The molecular formula is C2H20N14. The SMILES string of the molecule is CCNNNNNNNNNNNNNN. The van der Waals surface area contributed by atoms with Gasteiger partial charge in [0.25, 0.3) is 0 Å². The zero-order valence-electron chi connectivity index (χ0n) is 8.78. The van der Waals surface area contributed by atoms with Crippen molar-refractivity contribution in [2.75, 3.05) is 6.54 Å². The van der Waals surface area contributed by atoms with Crippen molar-refractivity contribution in [2.24, 2.45) is 5.84 Å². The van der Waals surface area contributed by atoms with E-state index in [-0.39, 0.29) is 0 Å². The molecule has 0 aromatic carbocycles. The Labute approximate surface area is 92.2 Å². The van der Waals surface area contributed by atoms with Crippen LogP contribution in [0.5, 0.6) is 0 Å². The summed E-state index contributed by atoms with van der Waals surface area (Å²) in [5.74, 6) is 4.88. The maximum absolute atomic E-state index is 4.88. The molecule has 0 bridgehead atoms. The third-order valence-corrected chi connectivity index (χ3v) is 0.962. The van der Waals surface area contributed by atoms with Crippen LogP contribution < -0.4 is 77.7 Å². The van der Waals surface area contributed by atoms with Crippen molar-refractivity contribution in [2.45, 2.75) is 6.92 Å². The quantitative estimate of drug-likeness (QED) is 0.0828. The molecule has 0 aromatic heterocycles. The van der Waals surface area contributed by atoms with Crippen LogP contribution in [-0.2, 0) is 0 Å². The molecule has 16 heavy (non-hydrogen) atoms. The van der Waals surface area contributed by atoms with E-state index in [2.05, 4.69) is 71.8 Å². The topological polar surface area (TPSA) is 182 Å². The maximum atomic E-state index is 4.88. The van der Waals surface area contributed by atoms with Crippen LogP contribution in [0.25, 0.3) is 0 Å². The van der Waals surface area contributed by atoms with E-state index in [0.29, 0.717) is 0 Å². The normalized spacial score (nSPS) is 10.9. The molecule has 0 heterocycles. The highest BCUT2D eigenvalue weighted by Crippen LogP contribution is 1.37. The molecule has 0 atom stereocenters. The molecule has 0 spiro atoms. The van der Waals surface area contributed by atoms with Gasteiger partial charge >= 0.3 is 0 Å². The van der Waals surface area contributed by atoms with Gasteiger partial charge in [0.15, 0.2) is 0 Å². The largest absolute Gasteiger partial charge is 0.257 e. The number of hydrazine groups is 13. The summed E-state index contributed by atoms with van der Waals surface area (Å²) in [6.07, 6.45) is 0. The minimum absolute atomic E-state index is 0.788. The molecule has 14 nitrogen and oxygen atoms in total. The molecule has 15 N–H and O–H groups in total. The summed E-state index contributed by atoms with van der Waals surface area (Å²) in [6.45, 7) is 2.74. The molecule has 0 rings (SSSR count). The summed E-state index contributed by atoms with van der Waals surface area (Å²) in [4.78, 5) is 0. The Kier molecular flexibility index (Phi) is 13.9. The van der Waals surface area contributed by atoms with Gasteiger partial charge in [-0.15, -0.1) is 0 Å². The van der Waals surface area contributed by atoms with Crippen molar-refractivity contribution in [3.05, 3.63) is 0 Å². The second-order valence-corrected chi connectivity index (χ2v) is 2.05. The predicted octanol–water partition coefficient (Wildman–Crippen LogP) is -6.48. The van der Waals surface area contributed by atoms with Gasteiger partial charge < -0.3 is 0 Å². The van der Waals surface area contributed by atoms with Crippen molar-refractivity contribution in [3.63, 3.8) is 0 Å². The van der Waals surface area contributed by atoms with E-state index in [9.17, 15) is 0 Å². The van der Waals surface area contributed by atoms with Gasteiger partial charge in [-0.05, 0) is 0 Å². The van der Waals surface area contributed by atoms with Gasteiger partial charge in [-0.1, -0.05) is 6.92 Å². The van der Waals surface area contributed by atoms with Gasteiger partial charge in [-0.25, -0.2) is 5.43 Å². The summed E-state index contributed by atoms with van der Waals surface area (Å²) < 4.78 is 0. The summed E-state index contributed by atoms with van der Waals surface area (Å²) in [5, 5.41) is 0. The Hall–Kier alpha value is -0.560. The first-order valence-corrected chi connectivity index (χ1v) is 4.35.